The fourth-order valence-electron chi connectivity index (χ4n) is 3.45. The van der Waals surface area contributed by atoms with Gasteiger partial charge < -0.3 is 20.1 Å². The summed E-state index contributed by atoms with van der Waals surface area (Å²) in [4.78, 5) is 18.5. The lowest BCUT2D eigenvalue weighted by molar-refractivity contribution is -0.145. The van der Waals surface area contributed by atoms with Gasteiger partial charge in [0.15, 0.2) is 0 Å². The minimum atomic E-state index is -0.345. The first kappa shape index (κ1) is 15.2. The van der Waals surface area contributed by atoms with Crippen LogP contribution in [-0.4, -0.2) is 55.5 Å². The van der Waals surface area contributed by atoms with E-state index in [0.717, 1.165) is 18.5 Å². The fourth-order valence-corrected chi connectivity index (χ4v) is 3.45. The van der Waals surface area contributed by atoms with Crippen molar-refractivity contribution in [2.45, 2.75) is 31.4 Å². The number of nitrogens with zero attached hydrogens (tertiary/aromatic N) is 2. The monoisotopic (exact) mass is 305 g/mol. The molecule has 1 saturated carbocycles. The minimum absolute atomic E-state index is 0.00344. The average Bonchev–Trinajstić information content (AvgIpc) is 2.55. The van der Waals surface area contributed by atoms with Crippen molar-refractivity contribution in [3.63, 3.8) is 0 Å². The molecule has 1 spiro atoms. The van der Waals surface area contributed by atoms with Crippen molar-refractivity contribution in [1.82, 2.24) is 10.3 Å². The van der Waals surface area contributed by atoms with Crippen LogP contribution in [-0.2, 0) is 4.74 Å². The van der Waals surface area contributed by atoms with Gasteiger partial charge in [0.1, 0.15) is 5.69 Å². The van der Waals surface area contributed by atoms with Crippen molar-refractivity contribution < 1.29 is 14.6 Å². The predicted molar refractivity (Wildman–Crippen MR) is 82.9 cm³/mol. The molecule has 2 fully saturated rings. The lowest BCUT2D eigenvalue weighted by atomic mass is 9.58. The molecule has 6 nitrogen and oxygen atoms in total. The zero-order chi connectivity index (χ0) is 15.7. The van der Waals surface area contributed by atoms with E-state index in [1.54, 1.807) is 12.3 Å². The summed E-state index contributed by atoms with van der Waals surface area (Å²) in [6.07, 6.45) is 3.50. The molecule has 6 heteroatoms. The van der Waals surface area contributed by atoms with Crippen LogP contribution in [0, 0.1) is 5.41 Å². The number of anilines is 1. The molecule has 0 aromatic carbocycles. The Bertz CT molecular complexity index is 555. The van der Waals surface area contributed by atoms with E-state index >= 15 is 0 Å². The Morgan fingerprint density at radius 2 is 2.18 bits per heavy atom. The van der Waals surface area contributed by atoms with E-state index in [2.05, 4.69) is 10.3 Å². The molecule has 1 aliphatic heterocycles. The van der Waals surface area contributed by atoms with Gasteiger partial charge in [-0.1, -0.05) is 0 Å². The molecular weight excluding hydrogens is 282 g/mol. The van der Waals surface area contributed by atoms with Gasteiger partial charge in [-0.05, 0) is 31.4 Å². The van der Waals surface area contributed by atoms with Crippen molar-refractivity contribution in [1.29, 1.82) is 0 Å². The Labute approximate surface area is 130 Å². The van der Waals surface area contributed by atoms with Gasteiger partial charge in [0.2, 0.25) is 0 Å². The molecule has 1 amide bonds. The first-order chi connectivity index (χ1) is 10.5. The van der Waals surface area contributed by atoms with Gasteiger partial charge in [-0.15, -0.1) is 0 Å². The number of hydrogen-bond donors (Lipinski definition) is 2. The number of aromatic nitrogens is 1. The van der Waals surface area contributed by atoms with Crippen LogP contribution >= 0.6 is 0 Å². The SMILES string of the molecule is CN(C)c1ccnc(C(=O)N[C@@H]2C[C@@H](O)C23CCOCC3)c1. The third kappa shape index (κ3) is 2.57. The Morgan fingerprint density at radius 3 is 2.82 bits per heavy atom. The molecule has 0 bridgehead atoms. The van der Waals surface area contributed by atoms with Crippen LogP contribution in [0.3, 0.4) is 0 Å². The summed E-state index contributed by atoms with van der Waals surface area (Å²) >= 11 is 0. The number of carbonyl (C=O) groups excluding carboxylic acids is 1. The number of pyridine rings is 1. The molecule has 1 aromatic rings. The second-order valence-electron chi connectivity index (χ2n) is 6.42. The van der Waals surface area contributed by atoms with Crippen LogP contribution in [0.5, 0.6) is 0 Å². The molecule has 2 heterocycles. The Balaban J connectivity index is 1.70. The van der Waals surface area contributed by atoms with E-state index in [1.807, 2.05) is 25.1 Å². The second-order valence-corrected chi connectivity index (χ2v) is 6.42. The van der Waals surface area contributed by atoms with E-state index in [-0.39, 0.29) is 23.5 Å². The zero-order valence-corrected chi connectivity index (χ0v) is 13.1. The smallest absolute Gasteiger partial charge is 0.270 e. The molecule has 0 radical (unpaired) electrons. The maximum absolute atomic E-state index is 12.5. The summed E-state index contributed by atoms with van der Waals surface area (Å²) in [5.74, 6) is -0.175. The van der Waals surface area contributed by atoms with Crippen molar-refractivity contribution in [2.75, 3.05) is 32.2 Å². The number of rotatable bonds is 3. The number of aliphatic hydroxyl groups excluding tert-OH is 1. The lowest BCUT2D eigenvalue weighted by Crippen LogP contribution is -2.65. The number of ether oxygens (including phenoxy) is 1. The Morgan fingerprint density at radius 1 is 1.45 bits per heavy atom. The highest BCUT2D eigenvalue weighted by Gasteiger charge is 2.55. The molecule has 2 atom stereocenters. The Kier molecular flexibility index (Phi) is 4.06. The van der Waals surface area contributed by atoms with Gasteiger partial charge in [-0.3, -0.25) is 9.78 Å². The number of amides is 1. The van der Waals surface area contributed by atoms with E-state index in [1.165, 1.54) is 0 Å². The predicted octanol–water partition coefficient (Wildman–Crippen LogP) is 0.807. The van der Waals surface area contributed by atoms with E-state index in [4.69, 9.17) is 4.74 Å². The number of carbonyl (C=O) groups is 1. The number of nitrogens with one attached hydrogen (secondary N) is 1. The second kappa shape index (κ2) is 5.85. The molecule has 2 aliphatic rings. The van der Waals surface area contributed by atoms with Gasteiger partial charge in [0.05, 0.1) is 6.10 Å². The molecule has 1 aromatic heterocycles. The average molecular weight is 305 g/mol. The highest BCUT2D eigenvalue weighted by atomic mass is 16.5. The van der Waals surface area contributed by atoms with Gasteiger partial charge in [0.25, 0.3) is 5.91 Å². The molecule has 1 saturated heterocycles. The maximum Gasteiger partial charge on any atom is 0.270 e. The van der Waals surface area contributed by atoms with Crippen molar-refractivity contribution in [3.8, 4) is 0 Å². The minimum Gasteiger partial charge on any atom is -0.392 e. The summed E-state index contributed by atoms with van der Waals surface area (Å²) in [5, 5.41) is 13.2. The number of aliphatic hydroxyl groups is 1. The van der Waals surface area contributed by atoms with Crippen LogP contribution < -0.4 is 10.2 Å². The first-order valence-corrected chi connectivity index (χ1v) is 7.73. The standard InChI is InChI=1S/C16H23N3O3/c1-19(2)11-3-6-17-12(9-11)15(21)18-13-10-14(20)16(13)4-7-22-8-5-16/h3,6,9,13-14,20H,4-5,7-8,10H2,1-2H3,(H,18,21)/t13-,14-/m1/s1. The zero-order valence-electron chi connectivity index (χ0n) is 13.1. The third-order valence-corrected chi connectivity index (χ3v) is 5.04. The molecule has 1 aliphatic carbocycles. The molecule has 2 N–H and O–H groups in total. The summed E-state index contributed by atoms with van der Waals surface area (Å²) in [5.41, 5.74) is 1.14. The third-order valence-electron chi connectivity index (χ3n) is 5.04. The molecular formula is C16H23N3O3. The van der Waals surface area contributed by atoms with Crippen molar-refractivity contribution in [3.05, 3.63) is 24.0 Å². The van der Waals surface area contributed by atoms with Crippen LogP contribution in [0.2, 0.25) is 0 Å². The van der Waals surface area contributed by atoms with Gasteiger partial charge in [-0.2, -0.15) is 0 Å². The summed E-state index contributed by atoms with van der Waals surface area (Å²) in [6, 6.07) is 3.65. The van der Waals surface area contributed by atoms with E-state index < -0.39 is 0 Å². The van der Waals surface area contributed by atoms with Crippen LogP contribution in [0.25, 0.3) is 0 Å². The van der Waals surface area contributed by atoms with Crippen molar-refractivity contribution >= 4 is 11.6 Å². The van der Waals surface area contributed by atoms with Crippen LogP contribution in [0.15, 0.2) is 18.3 Å². The largest absolute Gasteiger partial charge is 0.392 e. The van der Waals surface area contributed by atoms with E-state index in [9.17, 15) is 9.90 Å². The molecule has 0 unspecified atom stereocenters. The summed E-state index contributed by atoms with van der Waals surface area (Å²) in [6.45, 7) is 1.30. The van der Waals surface area contributed by atoms with Gasteiger partial charge in [-0.25, -0.2) is 0 Å². The van der Waals surface area contributed by atoms with E-state index in [0.29, 0.717) is 25.3 Å². The highest BCUT2D eigenvalue weighted by Crippen LogP contribution is 2.49. The molecule has 120 valence electrons. The van der Waals surface area contributed by atoms with Crippen LogP contribution in [0.4, 0.5) is 5.69 Å². The maximum atomic E-state index is 12.5. The fraction of sp³-hybridized carbons (Fsp3) is 0.625. The normalized spacial score (nSPS) is 26.3. The van der Waals surface area contributed by atoms with Gasteiger partial charge >= 0.3 is 0 Å². The topological polar surface area (TPSA) is 74.7 Å². The molecule has 3 rings (SSSR count). The summed E-state index contributed by atoms with van der Waals surface area (Å²) < 4.78 is 5.39. The first-order valence-electron chi connectivity index (χ1n) is 7.73. The number of hydrogen-bond acceptors (Lipinski definition) is 5. The lowest BCUT2D eigenvalue weighted by Gasteiger charge is -2.55. The van der Waals surface area contributed by atoms with Crippen molar-refractivity contribution in [2.24, 2.45) is 5.41 Å². The van der Waals surface area contributed by atoms with Gasteiger partial charge in [0, 0.05) is 50.7 Å². The quantitative estimate of drug-likeness (QED) is 0.864. The Hall–Kier alpha value is -1.66. The highest BCUT2D eigenvalue weighted by molar-refractivity contribution is 5.93. The summed E-state index contributed by atoms with van der Waals surface area (Å²) in [7, 11) is 3.85. The van der Waals surface area contributed by atoms with Crippen LogP contribution in [0.1, 0.15) is 29.8 Å². The molecule has 22 heavy (non-hydrogen) atoms.